The van der Waals surface area contributed by atoms with Gasteiger partial charge in [-0.15, -0.1) is 12.4 Å². The number of hydrogen-bond donors (Lipinski definition) is 1. The van der Waals surface area contributed by atoms with Crippen LogP contribution >= 0.6 is 12.4 Å². The Morgan fingerprint density at radius 1 is 1.30 bits per heavy atom. The molecule has 0 bridgehead atoms. The van der Waals surface area contributed by atoms with Crippen LogP contribution in [0.4, 0.5) is 5.69 Å². The average Bonchev–Trinajstić information content (AvgIpc) is 2.48. The highest BCUT2D eigenvalue weighted by Gasteiger charge is 2.46. The van der Waals surface area contributed by atoms with Crippen LogP contribution in [0, 0.1) is 10.1 Å². The summed E-state index contributed by atoms with van der Waals surface area (Å²) in [5.41, 5.74) is 0.0461. The standard InChI is InChI=1S/C16H22N2O4.ClH/c1-16(2)15(19)14(17-8-4-3-5-9-17)12-10-11(18(20)21)6-7-13(12)22-16;/h6-7,10,14-15,19H,3-5,8-9H2,1-2H3;1H. The quantitative estimate of drug-likeness (QED) is 0.660. The van der Waals surface area contributed by atoms with Gasteiger partial charge in [0.1, 0.15) is 17.5 Å². The number of nitro groups is 1. The monoisotopic (exact) mass is 342 g/mol. The van der Waals surface area contributed by atoms with Gasteiger partial charge in [-0.05, 0) is 45.8 Å². The fourth-order valence-electron chi connectivity index (χ4n) is 3.46. The number of halogens is 1. The van der Waals surface area contributed by atoms with Crippen molar-refractivity contribution in [2.45, 2.75) is 50.9 Å². The molecule has 2 unspecified atom stereocenters. The first-order valence-electron chi connectivity index (χ1n) is 7.79. The van der Waals surface area contributed by atoms with Gasteiger partial charge in [0.25, 0.3) is 5.69 Å². The van der Waals surface area contributed by atoms with Crippen molar-refractivity contribution in [2.75, 3.05) is 13.1 Å². The van der Waals surface area contributed by atoms with Crippen molar-refractivity contribution in [2.24, 2.45) is 0 Å². The van der Waals surface area contributed by atoms with Gasteiger partial charge in [-0.3, -0.25) is 15.0 Å². The zero-order valence-electron chi connectivity index (χ0n) is 13.4. The second kappa shape index (κ2) is 6.63. The maximum atomic E-state index is 11.1. The first-order chi connectivity index (χ1) is 10.4. The van der Waals surface area contributed by atoms with Crippen LogP contribution in [-0.4, -0.2) is 39.7 Å². The van der Waals surface area contributed by atoms with Gasteiger partial charge in [0.2, 0.25) is 0 Å². The molecule has 3 rings (SSSR count). The molecular formula is C16H23ClN2O4. The molecular weight excluding hydrogens is 320 g/mol. The lowest BCUT2D eigenvalue weighted by Gasteiger charge is -2.47. The molecule has 1 saturated heterocycles. The smallest absolute Gasteiger partial charge is 0.270 e. The molecule has 0 amide bonds. The first-order valence-corrected chi connectivity index (χ1v) is 7.79. The van der Waals surface area contributed by atoms with Crippen molar-refractivity contribution in [1.29, 1.82) is 0 Å². The van der Waals surface area contributed by atoms with E-state index in [2.05, 4.69) is 4.90 Å². The Morgan fingerprint density at radius 2 is 1.96 bits per heavy atom. The van der Waals surface area contributed by atoms with Crippen LogP contribution < -0.4 is 4.74 Å². The highest BCUT2D eigenvalue weighted by Crippen LogP contribution is 2.44. The van der Waals surface area contributed by atoms with Crippen LogP contribution in [0.25, 0.3) is 0 Å². The van der Waals surface area contributed by atoms with Crippen molar-refractivity contribution < 1.29 is 14.8 Å². The van der Waals surface area contributed by atoms with Crippen LogP contribution in [0.2, 0.25) is 0 Å². The second-order valence-electron chi connectivity index (χ2n) is 6.67. The highest BCUT2D eigenvalue weighted by atomic mass is 35.5. The summed E-state index contributed by atoms with van der Waals surface area (Å²) >= 11 is 0. The first kappa shape index (κ1) is 18.0. The number of aliphatic hydroxyl groups is 1. The number of ether oxygens (including phenoxy) is 1. The van der Waals surface area contributed by atoms with Crippen LogP contribution in [0.15, 0.2) is 18.2 Å². The molecule has 0 aromatic heterocycles. The summed E-state index contributed by atoms with van der Waals surface area (Å²) in [7, 11) is 0. The van der Waals surface area contributed by atoms with Crippen LogP contribution in [0.1, 0.15) is 44.7 Å². The summed E-state index contributed by atoms with van der Waals surface area (Å²) < 4.78 is 5.89. The number of non-ortho nitro benzene ring substituents is 1. The number of rotatable bonds is 2. The van der Waals surface area contributed by atoms with E-state index in [1.54, 1.807) is 12.1 Å². The van der Waals surface area contributed by atoms with E-state index in [1.807, 2.05) is 13.8 Å². The summed E-state index contributed by atoms with van der Waals surface area (Å²) in [6.45, 7) is 5.53. The van der Waals surface area contributed by atoms with Crippen LogP contribution in [0.3, 0.4) is 0 Å². The van der Waals surface area contributed by atoms with E-state index < -0.39 is 16.6 Å². The normalized spacial score (nSPS) is 26.6. The molecule has 0 saturated carbocycles. The third kappa shape index (κ3) is 3.29. The summed E-state index contributed by atoms with van der Waals surface area (Å²) in [6, 6.07) is 4.41. The van der Waals surface area contributed by atoms with E-state index in [1.165, 1.54) is 12.5 Å². The van der Waals surface area contributed by atoms with E-state index in [0.29, 0.717) is 5.75 Å². The number of aliphatic hydroxyl groups excluding tert-OH is 1. The molecule has 1 aromatic rings. The molecule has 2 aliphatic heterocycles. The number of hydrogen-bond acceptors (Lipinski definition) is 5. The lowest BCUT2D eigenvalue weighted by Crippen LogP contribution is -2.54. The average molecular weight is 343 g/mol. The third-order valence-corrected chi connectivity index (χ3v) is 4.69. The molecule has 0 radical (unpaired) electrons. The Hall–Kier alpha value is -1.37. The van der Waals surface area contributed by atoms with E-state index in [4.69, 9.17) is 4.74 Å². The fourth-order valence-corrected chi connectivity index (χ4v) is 3.46. The second-order valence-corrected chi connectivity index (χ2v) is 6.67. The predicted octanol–water partition coefficient (Wildman–Crippen LogP) is 3.08. The minimum Gasteiger partial charge on any atom is -0.485 e. The molecule has 1 aromatic carbocycles. The Labute approximate surface area is 142 Å². The molecule has 0 spiro atoms. The fraction of sp³-hybridized carbons (Fsp3) is 0.625. The number of benzene rings is 1. The van der Waals surface area contributed by atoms with Gasteiger partial charge in [-0.2, -0.15) is 0 Å². The lowest BCUT2D eigenvalue weighted by atomic mass is 9.84. The predicted molar refractivity (Wildman–Crippen MR) is 89.2 cm³/mol. The third-order valence-electron chi connectivity index (χ3n) is 4.69. The topological polar surface area (TPSA) is 75.8 Å². The van der Waals surface area contributed by atoms with Gasteiger partial charge in [0.15, 0.2) is 0 Å². The molecule has 0 aliphatic carbocycles. The van der Waals surface area contributed by atoms with Gasteiger partial charge in [0.05, 0.1) is 11.0 Å². The molecule has 2 aliphatic rings. The zero-order chi connectivity index (χ0) is 15.9. The zero-order valence-corrected chi connectivity index (χ0v) is 14.2. The van der Waals surface area contributed by atoms with E-state index in [9.17, 15) is 15.2 Å². The minimum absolute atomic E-state index is 0. The Kier molecular flexibility index (Phi) is 5.18. The molecule has 7 heteroatoms. The van der Waals surface area contributed by atoms with Crippen molar-refractivity contribution in [3.63, 3.8) is 0 Å². The van der Waals surface area contributed by atoms with Crippen LogP contribution in [-0.2, 0) is 0 Å². The van der Waals surface area contributed by atoms with Crippen molar-refractivity contribution >= 4 is 18.1 Å². The number of fused-ring (bicyclic) bond motifs is 1. The molecule has 2 heterocycles. The highest BCUT2D eigenvalue weighted by molar-refractivity contribution is 5.85. The van der Waals surface area contributed by atoms with Gasteiger partial charge in [-0.1, -0.05) is 6.42 Å². The van der Waals surface area contributed by atoms with E-state index in [-0.39, 0.29) is 24.1 Å². The molecule has 1 N–H and O–H groups in total. The Bertz CT molecular complexity index is 587. The lowest BCUT2D eigenvalue weighted by molar-refractivity contribution is -0.385. The number of nitro benzene ring substituents is 1. The van der Waals surface area contributed by atoms with Gasteiger partial charge in [-0.25, -0.2) is 0 Å². The summed E-state index contributed by atoms with van der Waals surface area (Å²) in [6.07, 6.45) is 2.66. The number of piperidine rings is 1. The number of likely N-dealkylation sites (tertiary alicyclic amines) is 1. The van der Waals surface area contributed by atoms with E-state index >= 15 is 0 Å². The maximum absolute atomic E-state index is 11.1. The van der Waals surface area contributed by atoms with Gasteiger partial charge in [0, 0.05) is 17.7 Å². The Morgan fingerprint density at radius 3 is 2.57 bits per heavy atom. The van der Waals surface area contributed by atoms with Crippen molar-refractivity contribution in [3.05, 3.63) is 33.9 Å². The SMILES string of the molecule is CC1(C)Oc2ccc([N+](=O)[O-])cc2C(N2CCCCC2)C1O.Cl. The molecule has 1 fully saturated rings. The minimum atomic E-state index is -0.722. The molecule has 128 valence electrons. The summed E-state index contributed by atoms with van der Waals surface area (Å²) in [5.74, 6) is 0.636. The van der Waals surface area contributed by atoms with Gasteiger partial charge >= 0.3 is 0 Å². The molecule has 2 atom stereocenters. The van der Waals surface area contributed by atoms with E-state index in [0.717, 1.165) is 31.5 Å². The molecule has 6 nitrogen and oxygen atoms in total. The van der Waals surface area contributed by atoms with Crippen LogP contribution in [0.5, 0.6) is 5.75 Å². The molecule has 23 heavy (non-hydrogen) atoms. The van der Waals surface area contributed by atoms with Gasteiger partial charge < -0.3 is 9.84 Å². The Balaban J connectivity index is 0.00000192. The largest absolute Gasteiger partial charge is 0.485 e. The number of nitrogens with zero attached hydrogens (tertiary/aromatic N) is 2. The van der Waals surface area contributed by atoms with Crippen molar-refractivity contribution in [3.8, 4) is 5.75 Å². The van der Waals surface area contributed by atoms with Crippen molar-refractivity contribution in [1.82, 2.24) is 4.90 Å². The summed E-state index contributed by atoms with van der Waals surface area (Å²) in [4.78, 5) is 12.9. The summed E-state index contributed by atoms with van der Waals surface area (Å²) in [5, 5.41) is 21.9. The maximum Gasteiger partial charge on any atom is 0.270 e.